The molecule has 10 nitrogen and oxygen atoms in total. The first-order valence-electron chi connectivity index (χ1n) is 25.9. The van der Waals surface area contributed by atoms with E-state index < -0.39 is 49.0 Å². The van der Waals surface area contributed by atoms with Gasteiger partial charge in [-0.3, -0.25) is 4.79 Å². The van der Waals surface area contributed by atoms with E-state index in [0.717, 1.165) is 32.1 Å². The van der Waals surface area contributed by atoms with Gasteiger partial charge in [-0.1, -0.05) is 226 Å². The number of carbonyl (C=O) groups excluding carboxylic acids is 1. The third-order valence-corrected chi connectivity index (χ3v) is 12.8. The van der Waals surface area contributed by atoms with Gasteiger partial charge in [0.15, 0.2) is 6.29 Å². The van der Waals surface area contributed by atoms with Gasteiger partial charge in [-0.2, -0.15) is 0 Å². The molecule has 6 unspecified atom stereocenters. The van der Waals surface area contributed by atoms with Crippen LogP contribution in [0.1, 0.15) is 245 Å². The number of amides is 1. The third-order valence-electron chi connectivity index (χ3n) is 12.8. The Bertz CT molecular complexity index is 931. The molecule has 0 aromatic heterocycles. The van der Waals surface area contributed by atoms with Crippen LogP contribution < -0.4 is 10.6 Å². The second-order valence-electron chi connectivity index (χ2n) is 18.5. The van der Waals surface area contributed by atoms with Crippen LogP contribution in [0.25, 0.3) is 0 Å². The molecule has 0 spiro atoms. The number of carbonyl (C=O) groups is 1. The van der Waals surface area contributed by atoms with E-state index in [1.54, 1.807) is 0 Å². The molecule has 1 heterocycles. The molecule has 0 aromatic carbocycles. The van der Waals surface area contributed by atoms with Gasteiger partial charge in [-0.05, 0) is 19.4 Å². The molecule has 0 bridgehead atoms. The fraction of sp³-hybridized carbons (Fsp3) is 0.980. The van der Waals surface area contributed by atoms with Gasteiger partial charge in [0.05, 0.1) is 24.9 Å². The van der Waals surface area contributed by atoms with Gasteiger partial charge in [0, 0.05) is 13.5 Å². The lowest BCUT2D eigenvalue weighted by molar-refractivity contribution is -0.297. The van der Waals surface area contributed by atoms with Crippen LogP contribution in [-0.2, 0) is 14.3 Å². The van der Waals surface area contributed by atoms with Crippen LogP contribution in [0.2, 0.25) is 0 Å². The predicted molar refractivity (Wildman–Crippen MR) is 248 cm³/mol. The number of unbranched alkanes of at least 4 members (excludes halogenated alkanes) is 32. The minimum absolute atomic E-state index is 0.0539. The van der Waals surface area contributed by atoms with Crippen LogP contribution in [0.15, 0.2) is 0 Å². The monoisotopic (exact) mass is 857 g/mol. The Balaban J connectivity index is 2.33. The summed E-state index contributed by atoms with van der Waals surface area (Å²) in [5.41, 5.74) is 0. The number of hydrogen-bond acceptors (Lipinski definition) is 9. The summed E-state index contributed by atoms with van der Waals surface area (Å²) in [5.74, 6) is -0.311. The van der Waals surface area contributed by atoms with E-state index in [0.29, 0.717) is 13.0 Å². The van der Waals surface area contributed by atoms with Gasteiger partial charge < -0.3 is 45.6 Å². The predicted octanol–water partition coefficient (Wildman–Crippen LogP) is 10.3. The molecular weight excluding hydrogens is 757 g/mol. The number of hydrogen-bond donors (Lipinski definition) is 7. The van der Waals surface area contributed by atoms with Crippen LogP contribution in [-0.4, -0.2) is 100 Å². The minimum atomic E-state index is -1.53. The van der Waals surface area contributed by atoms with E-state index in [2.05, 4.69) is 24.5 Å². The molecule has 0 aromatic rings. The first-order valence-corrected chi connectivity index (χ1v) is 25.9. The number of nitrogens with one attached hydrogen (secondary N) is 2. The van der Waals surface area contributed by atoms with Crippen LogP contribution >= 0.6 is 0 Å². The summed E-state index contributed by atoms with van der Waals surface area (Å²) < 4.78 is 11.7. The highest BCUT2D eigenvalue weighted by Crippen LogP contribution is 2.23. The molecule has 0 saturated carbocycles. The smallest absolute Gasteiger partial charge is 0.216 e. The Morgan fingerprint density at radius 1 is 0.533 bits per heavy atom. The highest BCUT2D eigenvalue weighted by molar-refractivity contribution is 5.72. The SMILES string of the molecule is CCCCCCCCCCCCCCCCCCCCCCCCNC(COC1OC(CNC(C)=O)C(O)C(O)C1O)[C@H](O)[C@H](O)CCCCCCCCCCCCCC. The molecule has 1 saturated heterocycles. The van der Waals surface area contributed by atoms with Crippen molar-refractivity contribution in [3.63, 3.8) is 0 Å². The molecule has 7 N–H and O–H groups in total. The Hall–Kier alpha value is -0.850. The second-order valence-corrected chi connectivity index (χ2v) is 18.5. The zero-order chi connectivity index (χ0) is 43.9. The topological polar surface area (TPSA) is 161 Å². The Morgan fingerprint density at radius 2 is 0.900 bits per heavy atom. The second kappa shape index (κ2) is 40.9. The fourth-order valence-corrected chi connectivity index (χ4v) is 8.60. The maximum Gasteiger partial charge on any atom is 0.216 e. The molecule has 10 heteroatoms. The van der Waals surface area contributed by atoms with E-state index in [9.17, 15) is 30.3 Å². The largest absolute Gasteiger partial charge is 0.390 e. The summed E-state index contributed by atoms with van der Waals surface area (Å²) in [6, 6.07) is -0.624. The zero-order valence-corrected chi connectivity index (χ0v) is 39.4. The van der Waals surface area contributed by atoms with Crippen molar-refractivity contribution in [1.82, 2.24) is 10.6 Å². The lowest BCUT2D eigenvalue weighted by atomic mass is 9.98. The minimum Gasteiger partial charge on any atom is -0.390 e. The molecule has 358 valence electrons. The van der Waals surface area contributed by atoms with Crippen molar-refractivity contribution in [3.05, 3.63) is 0 Å². The Kier molecular flexibility index (Phi) is 39.0. The summed E-state index contributed by atoms with van der Waals surface area (Å²) in [5, 5.41) is 59.8. The lowest BCUT2D eigenvalue weighted by Crippen LogP contribution is -2.61. The van der Waals surface area contributed by atoms with Crippen molar-refractivity contribution in [2.75, 3.05) is 19.7 Å². The number of aliphatic hydroxyl groups excluding tert-OH is 5. The van der Waals surface area contributed by atoms with Gasteiger partial charge in [-0.15, -0.1) is 0 Å². The number of ether oxygens (including phenoxy) is 2. The maximum absolute atomic E-state index is 11.5. The van der Waals surface area contributed by atoms with E-state index in [1.165, 1.54) is 193 Å². The molecule has 1 fully saturated rings. The van der Waals surface area contributed by atoms with Gasteiger partial charge in [0.2, 0.25) is 5.91 Å². The number of aliphatic hydroxyl groups is 5. The summed E-state index contributed by atoms with van der Waals surface area (Å²) >= 11 is 0. The fourth-order valence-electron chi connectivity index (χ4n) is 8.60. The van der Waals surface area contributed by atoms with Crippen molar-refractivity contribution >= 4 is 5.91 Å². The normalized spacial score (nSPS) is 21.0. The van der Waals surface area contributed by atoms with E-state index in [4.69, 9.17) is 9.47 Å². The van der Waals surface area contributed by atoms with Crippen molar-refractivity contribution in [1.29, 1.82) is 0 Å². The van der Waals surface area contributed by atoms with E-state index in [1.807, 2.05) is 0 Å². The van der Waals surface area contributed by atoms with Crippen LogP contribution in [0.4, 0.5) is 0 Å². The summed E-state index contributed by atoms with van der Waals surface area (Å²) in [7, 11) is 0. The Labute approximate surface area is 369 Å². The first kappa shape index (κ1) is 57.2. The molecule has 1 amide bonds. The highest BCUT2D eigenvalue weighted by Gasteiger charge is 2.44. The maximum atomic E-state index is 11.5. The molecule has 1 rings (SSSR count). The van der Waals surface area contributed by atoms with Crippen molar-refractivity contribution in [3.8, 4) is 0 Å². The molecule has 0 aliphatic carbocycles. The lowest BCUT2D eigenvalue weighted by Gasteiger charge is -2.41. The molecule has 60 heavy (non-hydrogen) atoms. The molecule has 8 atom stereocenters. The molecule has 1 aliphatic heterocycles. The van der Waals surface area contributed by atoms with Crippen molar-refractivity contribution in [2.24, 2.45) is 0 Å². The van der Waals surface area contributed by atoms with Crippen molar-refractivity contribution < 1.29 is 39.8 Å². The standard InChI is InChI=1S/C50H100N2O8/c1-4-6-8-10-12-14-16-18-19-20-21-22-23-24-25-26-27-29-31-33-35-37-39-51-43(41-59-50-49(58)48(57)47(56)45(60-50)40-52-42(3)53)46(55)44(54)38-36-34-32-30-28-17-15-13-11-9-7-5-2/h43-51,54-58H,4-41H2,1-3H3,(H,52,53)/t43?,44-,45?,46+,47?,48?,49?,50?/m1/s1. The first-order chi connectivity index (χ1) is 29.2. The summed E-state index contributed by atoms with van der Waals surface area (Å²) in [4.78, 5) is 11.5. The third kappa shape index (κ3) is 31.1. The van der Waals surface area contributed by atoms with E-state index >= 15 is 0 Å². The average Bonchev–Trinajstić information content (AvgIpc) is 3.24. The molecule has 0 radical (unpaired) electrons. The van der Waals surface area contributed by atoms with Crippen molar-refractivity contribution in [2.45, 2.75) is 294 Å². The highest BCUT2D eigenvalue weighted by atomic mass is 16.7. The molecule has 1 aliphatic rings. The zero-order valence-electron chi connectivity index (χ0n) is 39.4. The van der Waals surface area contributed by atoms with Gasteiger partial charge in [0.1, 0.15) is 24.4 Å². The van der Waals surface area contributed by atoms with Crippen LogP contribution in [0, 0.1) is 0 Å². The average molecular weight is 857 g/mol. The molecular formula is C50H100N2O8. The van der Waals surface area contributed by atoms with Gasteiger partial charge in [0.25, 0.3) is 0 Å². The van der Waals surface area contributed by atoms with Crippen LogP contribution in [0.5, 0.6) is 0 Å². The number of rotatable bonds is 44. The van der Waals surface area contributed by atoms with Crippen LogP contribution in [0.3, 0.4) is 0 Å². The quantitative estimate of drug-likeness (QED) is 0.0296. The van der Waals surface area contributed by atoms with Gasteiger partial charge >= 0.3 is 0 Å². The van der Waals surface area contributed by atoms with Gasteiger partial charge in [-0.25, -0.2) is 0 Å². The Morgan fingerprint density at radius 3 is 1.28 bits per heavy atom. The van der Waals surface area contributed by atoms with E-state index in [-0.39, 0.29) is 19.1 Å². The summed E-state index contributed by atoms with van der Waals surface area (Å²) in [6.07, 6.45) is 36.0. The summed E-state index contributed by atoms with van der Waals surface area (Å²) in [6.45, 7) is 6.40.